The molecule has 0 aliphatic carbocycles. The Hall–Kier alpha value is -2.53. The molecule has 1 amide bonds. The van der Waals surface area contributed by atoms with E-state index in [1.807, 2.05) is 35.2 Å². The second-order valence-electron chi connectivity index (χ2n) is 6.01. The molecule has 3 rings (SSSR count). The first kappa shape index (κ1) is 16.3. The monoisotopic (exact) mass is 325 g/mol. The van der Waals surface area contributed by atoms with Gasteiger partial charge in [0.05, 0.1) is 7.11 Å². The highest BCUT2D eigenvalue weighted by Crippen LogP contribution is 2.20. The highest BCUT2D eigenvalue weighted by atomic mass is 16.5. The van der Waals surface area contributed by atoms with E-state index >= 15 is 0 Å². The van der Waals surface area contributed by atoms with Gasteiger partial charge in [-0.25, -0.2) is 0 Å². The average Bonchev–Trinajstić information content (AvgIpc) is 2.62. The molecule has 0 aromatic heterocycles. The first-order chi connectivity index (χ1) is 11.7. The smallest absolute Gasteiger partial charge is 0.254 e. The van der Waals surface area contributed by atoms with Crippen molar-refractivity contribution in [2.45, 2.75) is 6.54 Å². The van der Waals surface area contributed by atoms with Crippen LogP contribution in [-0.2, 0) is 6.54 Å². The van der Waals surface area contributed by atoms with E-state index in [2.05, 4.69) is 11.0 Å². The quantitative estimate of drug-likeness (QED) is 0.876. The summed E-state index contributed by atoms with van der Waals surface area (Å²) in [6.45, 7) is 3.99. The van der Waals surface area contributed by atoms with E-state index in [9.17, 15) is 4.79 Å². The zero-order chi connectivity index (χ0) is 16.9. The molecule has 1 aliphatic rings. The first-order valence-corrected chi connectivity index (χ1v) is 8.16. The molecule has 2 aromatic rings. The summed E-state index contributed by atoms with van der Waals surface area (Å²) in [5.74, 6) is 0.968. The summed E-state index contributed by atoms with van der Waals surface area (Å²) >= 11 is 0. The lowest BCUT2D eigenvalue weighted by Crippen LogP contribution is -2.48. The number of piperazine rings is 1. The summed E-state index contributed by atoms with van der Waals surface area (Å²) in [4.78, 5) is 16.8. The summed E-state index contributed by atoms with van der Waals surface area (Å²) in [6.07, 6.45) is 0. The van der Waals surface area contributed by atoms with Crippen LogP contribution in [0.5, 0.6) is 5.75 Å². The topological polar surface area (TPSA) is 58.8 Å². The van der Waals surface area contributed by atoms with E-state index in [1.54, 1.807) is 19.2 Å². The number of nitrogens with zero attached hydrogens (tertiary/aromatic N) is 2. The first-order valence-electron chi connectivity index (χ1n) is 8.16. The lowest BCUT2D eigenvalue weighted by atomic mass is 10.1. The van der Waals surface area contributed by atoms with Crippen LogP contribution in [0, 0.1) is 0 Å². The standard InChI is InChI=1S/C19H23N3O2/c1-24-18-8-3-2-5-16(18)14-21-9-11-22(12-10-21)19(23)15-6-4-7-17(20)13-15/h2-8,13H,9-12,14,20H2,1H3. The van der Waals surface area contributed by atoms with Crippen LogP contribution in [0.1, 0.15) is 15.9 Å². The van der Waals surface area contributed by atoms with Gasteiger partial charge < -0.3 is 15.4 Å². The maximum atomic E-state index is 12.5. The molecule has 24 heavy (non-hydrogen) atoms. The average molecular weight is 325 g/mol. The number of amides is 1. The van der Waals surface area contributed by atoms with Crippen LogP contribution in [0.2, 0.25) is 0 Å². The van der Waals surface area contributed by atoms with Gasteiger partial charge in [0.15, 0.2) is 0 Å². The van der Waals surface area contributed by atoms with Gasteiger partial charge in [0.2, 0.25) is 0 Å². The Morgan fingerprint density at radius 1 is 1.08 bits per heavy atom. The number of rotatable bonds is 4. The predicted molar refractivity (Wildman–Crippen MR) is 95.0 cm³/mol. The van der Waals surface area contributed by atoms with Crippen LogP contribution in [0.3, 0.4) is 0 Å². The summed E-state index contributed by atoms with van der Waals surface area (Å²) in [5.41, 5.74) is 8.23. The van der Waals surface area contributed by atoms with Crippen LogP contribution >= 0.6 is 0 Å². The number of hydrogen-bond donors (Lipinski definition) is 1. The fourth-order valence-corrected chi connectivity index (χ4v) is 3.04. The van der Waals surface area contributed by atoms with Gasteiger partial charge in [0.25, 0.3) is 5.91 Å². The van der Waals surface area contributed by atoms with E-state index in [4.69, 9.17) is 10.5 Å². The minimum Gasteiger partial charge on any atom is -0.496 e. The van der Waals surface area contributed by atoms with Gasteiger partial charge >= 0.3 is 0 Å². The number of anilines is 1. The Morgan fingerprint density at radius 3 is 2.54 bits per heavy atom. The van der Waals surface area contributed by atoms with E-state index in [1.165, 1.54) is 5.56 Å². The molecule has 2 aromatic carbocycles. The van der Waals surface area contributed by atoms with Crippen molar-refractivity contribution < 1.29 is 9.53 Å². The maximum Gasteiger partial charge on any atom is 0.254 e. The van der Waals surface area contributed by atoms with Crippen molar-refractivity contribution in [1.29, 1.82) is 0 Å². The van der Waals surface area contributed by atoms with Crippen molar-refractivity contribution in [1.82, 2.24) is 9.80 Å². The summed E-state index contributed by atoms with van der Waals surface area (Å²) in [6, 6.07) is 15.2. The molecule has 0 spiro atoms. The van der Waals surface area contributed by atoms with E-state index < -0.39 is 0 Å². The van der Waals surface area contributed by atoms with E-state index in [0.717, 1.165) is 38.5 Å². The SMILES string of the molecule is COc1ccccc1CN1CCN(C(=O)c2cccc(N)c2)CC1. The minimum absolute atomic E-state index is 0.0549. The fraction of sp³-hybridized carbons (Fsp3) is 0.316. The third-order valence-electron chi connectivity index (χ3n) is 4.38. The summed E-state index contributed by atoms with van der Waals surface area (Å²) in [7, 11) is 1.70. The van der Waals surface area contributed by atoms with Crippen molar-refractivity contribution >= 4 is 11.6 Å². The molecule has 126 valence electrons. The molecule has 5 heteroatoms. The molecule has 0 bridgehead atoms. The number of carbonyl (C=O) groups excluding carboxylic acids is 1. The number of methoxy groups -OCH3 is 1. The lowest BCUT2D eigenvalue weighted by molar-refractivity contribution is 0.0627. The number of hydrogen-bond acceptors (Lipinski definition) is 4. The molecule has 1 heterocycles. The van der Waals surface area contributed by atoms with E-state index in [-0.39, 0.29) is 5.91 Å². The van der Waals surface area contributed by atoms with Crippen molar-refractivity contribution in [3.05, 3.63) is 59.7 Å². The van der Waals surface area contributed by atoms with Gasteiger partial charge in [-0.3, -0.25) is 9.69 Å². The zero-order valence-electron chi connectivity index (χ0n) is 13.9. The maximum absolute atomic E-state index is 12.5. The van der Waals surface area contributed by atoms with Gasteiger partial charge in [0.1, 0.15) is 5.75 Å². The van der Waals surface area contributed by atoms with Crippen LogP contribution in [0.25, 0.3) is 0 Å². The van der Waals surface area contributed by atoms with Gasteiger partial charge in [-0.1, -0.05) is 24.3 Å². The van der Waals surface area contributed by atoms with Crippen molar-refractivity contribution in [3.8, 4) is 5.75 Å². The van der Waals surface area contributed by atoms with Crippen molar-refractivity contribution in [2.75, 3.05) is 39.0 Å². The third-order valence-corrected chi connectivity index (χ3v) is 4.38. The number of benzene rings is 2. The Bertz CT molecular complexity index is 709. The Morgan fingerprint density at radius 2 is 1.83 bits per heavy atom. The van der Waals surface area contributed by atoms with Crippen LogP contribution in [0.4, 0.5) is 5.69 Å². The Kier molecular flexibility index (Phi) is 5.01. The second kappa shape index (κ2) is 7.36. The predicted octanol–water partition coefficient (Wildman–Crippen LogP) is 2.24. The van der Waals surface area contributed by atoms with Gasteiger partial charge in [0, 0.05) is 49.5 Å². The van der Waals surface area contributed by atoms with Gasteiger partial charge in [-0.2, -0.15) is 0 Å². The molecular formula is C19H23N3O2. The molecule has 1 aliphatic heterocycles. The molecule has 2 N–H and O–H groups in total. The molecular weight excluding hydrogens is 302 g/mol. The normalized spacial score (nSPS) is 15.3. The molecule has 0 atom stereocenters. The van der Waals surface area contributed by atoms with Crippen LogP contribution in [-0.4, -0.2) is 49.0 Å². The Balaban J connectivity index is 1.58. The number of nitrogen functional groups attached to an aromatic ring is 1. The van der Waals surface area contributed by atoms with Crippen LogP contribution < -0.4 is 10.5 Å². The van der Waals surface area contributed by atoms with E-state index in [0.29, 0.717) is 11.3 Å². The second-order valence-corrected chi connectivity index (χ2v) is 6.01. The fourth-order valence-electron chi connectivity index (χ4n) is 3.04. The van der Waals surface area contributed by atoms with Crippen molar-refractivity contribution in [2.24, 2.45) is 0 Å². The largest absolute Gasteiger partial charge is 0.496 e. The molecule has 5 nitrogen and oxygen atoms in total. The highest BCUT2D eigenvalue weighted by molar-refractivity contribution is 5.95. The number of carbonyl (C=O) groups is 1. The zero-order valence-corrected chi connectivity index (χ0v) is 13.9. The van der Waals surface area contributed by atoms with Gasteiger partial charge in [-0.05, 0) is 24.3 Å². The number of nitrogens with two attached hydrogens (primary N) is 1. The summed E-state index contributed by atoms with van der Waals surface area (Å²) < 4.78 is 5.41. The molecule has 1 saturated heterocycles. The lowest BCUT2D eigenvalue weighted by Gasteiger charge is -2.35. The van der Waals surface area contributed by atoms with Crippen LogP contribution in [0.15, 0.2) is 48.5 Å². The molecule has 0 radical (unpaired) electrons. The van der Waals surface area contributed by atoms with Crippen molar-refractivity contribution in [3.63, 3.8) is 0 Å². The Labute approximate surface area is 142 Å². The molecule has 0 saturated carbocycles. The summed E-state index contributed by atoms with van der Waals surface area (Å²) in [5, 5.41) is 0. The highest BCUT2D eigenvalue weighted by Gasteiger charge is 2.22. The minimum atomic E-state index is 0.0549. The third kappa shape index (κ3) is 3.68. The number of para-hydroxylation sites is 1. The van der Waals surface area contributed by atoms with Gasteiger partial charge in [-0.15, -0.1) is 0 Å². The molecule has 1 fully saturated rings. The molecule has 0 unspecified atom stereocenters. The number of ether oxygens (including phenoxy) is 1.